The Morgan fingerprint density at radius 1 is 1.06 bits per heavy atom. The highest BCUT2D eigenvalue weighted by Gasteiger charge is 2.42. The number of ether oxygens (including phenoxy) is 1. The Kier molecular flexibility index (Phi) is 9.08. The predicted octanol–water partition coefficient (Wildman–Crippen LogP) is 7.50. The van der Waals surface area contributed by atoms with Gasteiger partial charge in [0.2, 0.25) is 0 Å². The van der Waals surface area contributed by atoms with Crippen LogP contribution >= 0.6 is 11.6 Å². The van der Waals surface area contributed by atoms with Crippen LogP contribution in [0, 0.1) is 18.8 Å². The van der Waals surface area contributed by atoms with Crippen LogP contribution < -0.4 is 10.1 Å². The summed E-state index contributed by atoms with van der Waals surface area (Å²) < 4.78 is 6.15. The molecule has 1 heterocycles. The van der Waals surface area contributed by atoms with Crippen molar-refractivity contribution in [2.45, 2.75) is 77.3 Å². The molecule has 1 aliphatic carbocycles. The molecule has 4 rings (SSSR count). The van der Waals surface area contributed by atoms with E-state index in [2.05, 4.69) is 55.0 Å². The van der Waals surface area contributed by atoms with Crippen LogP contribution in [0.25, 0.3) is 0 Å². The van der Waals surface area contributed by atoms with Crippen molar-refractivity contribution in [1.29, 1.82) is 0 Å². The van der Waals surface area contributed by atoms with E-state index in [4.69, 9.17) is 16.3 Å². The molecule has 1 saturated carbocycles. The lowest BCUT2D eigenvalue weighted by atomic mass is 10.1. The molecule has 36 heavy (non-hydrogen) atoms. The van der Waals surface area contributed by atoms with E-state index in [0.29, 0.717) is 11.6 Å². The highest BCUT2D eigenvalue weighted by molar-refractivity contribution is 6.30. The fourth-order valence-electron chi connectivity index (χ4n) is 4.55. The van der Waals surface area contributed by atoms with Gasteiger partial charge in [0.05, 0.1) is 6.61 Å². The zero-order chi connectivity index (χ0) is 25.4. The molecule has 1 aliphatic rings. The van der Waals surface area contributed by atoms with Crippen molar-refractivity contribution in [3.63, 3.8) is 0 Å². The molecule has 3 aromatic rings. The first-order valence-corrected chi connectivity index (χ1v) is 13.5. The number of pyridine rings is 1. The molecular weight excluding hydrogens is 464 g/mol. The lowest BCUT2D eigenvalue weighted by Crippen LogP contribution is -2.39. The van der Waals surface area contributed by atoms with Crippen LogP contribution in [-0.2, 0) is 6.42 Å². The number of nitrogens with one attached hydrogen (secondary N) is 1. The number of aryl methyl sites for hydroxylation is 1. The quantitative estimate of drug-likeness (QED) is 0.277. The fourth-order valence-corrected chi connectivity index (χ4v) is 4.67. The minimum absolute atomic E-state index is 0.295. The highest BCUT2D eigenvalue weighted by Crippen LogP contribution is 2.39. The topological polar surface area (TPSA) is 34.1 Å². The summed E-state index contributed by atoms with van der Waals surface area (Å²) >= 11 is 5.97. The van der Waals surface area contributed by atoms with Gasteiger partial charge >= 0.3 is 0 Å². The van der Waals surface area contributed by atoms with Crippen molar-refractivity contribution in [1.82, 2.24) is 10.3 Å². The lowest BCUT2D eigenvalue weighted by molar-refractivity contribution is 0.267. The van der Waals surface area contributed by atoms with E-state index in [1.165, 1.54) is 37.7 Å². The molecule has 2 aromatic carbocycles. The van der Waals surface area contributed by atoms with Gasteiger partial charge in [-0.05, 0) is 105 Å². The van der Waals surface area contributed by atoms with Gasteiger partial charge in [0.25, 0.3) is 0 Å². The molecule has 1 N–H and O–H groups in total. The summed E-state index contributed by atoms with van der Waals surface area (Å²) in [4.78, 5) is 4.52. The Balaban J connectivity index is 1.27. The maximum Gasteiger partial charge on any atom is 0.122 e. The maximum absolute atomic E-state index is 6.15. The second-order valence-electron chi connectivity index (χ2n) is 10.2. The van der Waals surface area contributed by atoms with Gasteiger partial charge in [-0.3, -0.25) is 0 Å². The van der Waals surface area contributed by atoms with Gasteiger partial charge in [0, 0.05) is 28.4 Å². The van der Waals surface area contributed by atoms with E-state index in [9.17, 15) is 0 Å². The summed E-state index contributed by atoms with van der Waals surface area (Å²) in [6, 6.07) is 18.7. The van der Waals surface area contributed by atoms with E-state index in [-0.39, 0.29) is 0 Å². The van der Waals surface area contributed by atoms with Gasteiger partial charge in [0.15, 0.2) is 0 Å². The smallest absolute Gasteiger partial charge is 0.122 e. The number of benzene rings is 2. The second-order valence-corrected chi connectivity index (χ2v) is 10.6. The molecule has 1 unspecified atom stereocenters. The minimum Gasteiger partial charge on any atom is -0.493 e. The monoisotopic (exact) mass is 500 g/mol. The number of aromatic nitrogens is 1. The fraction of sp³-hybridized carbons (Fsp3) is 0.406. The van der Waals surface area contributed by atoms with E-state index in [0.717, 1.165) is 52.6 Å². The van der Waals surface area contributed by atoms with Gasteiger partial charge in [-0.15, -0.1) is 0 Å². The van der Waals surface area contributed by atoms with E-state index < -0.39 is 0 Å². The van der Waals surface area contributed by atoms with Crippen molar-refractivity contribution < 1.29 is 4.74 Å². The molecule has 0 spiro atoms. The molecular formula is C32H37ClN2O. The summed E-state index contributed by atoms with van der Waals surface area (Å²) in [5, 5.41) is 4.61. The molecule has 0 aliphatic heterocycles. The third kappa shape index (κ3) is 7.85. The van der Waals surface area contributed by atoms with Gasteiger partial charge < -0.3 is 10.1 Å². The van der Waals surface area contributed by atoms with Crippen LogP contribution in [0.5, 0.6) is 5.75 Å². The van der Waals surface area contributed by atoms with E-state index in [1.807, 2.05) is 48.7 Å². The summed E-state index contributed by atoms with van der Waals surface area (Å²) in [7, 11) is 0. The van der Waals surface area contributed by atoms with Crippen molar-refractivity contribution in [2.75, 3.05) is 6.61 Å². The number of nitrogens with zero attached hydrogens (tertiary/aromatic N) is 1. The molecule has 3 nitrogen and oxygen atoms in total. The molecule has 188 valence electrons. The van der Waals surface area contributed by atoms with Crippen LogP contribution in [0.3, 0.4) is 0 Å². The Hall–Kier alpha value is -2.80. The number of rotatable bonds is 11. The molecule has 0 saturated heterocycles. The van der Waals surface area contributed by atoms with E-state index in [1.54, 1.807) is 0 Å². The first-order chi connectivity index (χ1) is 17.4. The second kappa shape index (κ2) is 12.4. The highest BCUT2D eigenvalue weighted by atomic mass is 35.5. The molecule has 0 radical (unpaired) electrons. The largest absolute Gasteiger partial charge is 0.493 e. The summed E-state index contributed by atoms with van der Waals surface area (Å²) in [6.07, 6.45) is 10.1. The third-order valence-electron chi connectivity index (χ3n) is 6.89. The normalized spacial score (nSPS) is 14.6. The van der Waals surface area contributed by atoms with Crippen LogP contribution in [0.2, 0.25) is 5.02 Å². The minimum atomic E-state index is 0.295. The Morgan fingerprint density at radius 3 is 2.50 bits per heavy atom. The predicted molar refractivity (Wildman–Crippen MR) is 150 cm³/mol. The zero-order valence-corrected chi connectivity index (χ0v) is 22.5. The molecule has 0 amide bonds. The average Bonchev–Trinajstić information content (AvgIpc) is 3.64. The van der Waals surface area contributed by atoms with Crippen LogP contribution in [-0.4, -0.2) is 23.2 Å². The zero-order valence-electron chi connectivity index (χ0n) is 21.7. The maximum atomic E-state index is 6.15. The molecule has 0 bridgehead atoms. The summed E-state index contributed by atoms with van der Waals surface area (Å²) in [6.45, 7) is 7.39. The number of hydrogen-bond donors (Lipinski definition) is 1. The van der Waals surface area contributed by atoms with Crippen LogP contribution in [0.15, 0.2) is 60.8 Å². The van der Waals surface area contributed by atoms with Crippen LogP contribution in [0.1, 0.15) is 80.3 Å². The van der Waals surface area contributed by atoms with E-state index >= 15 is 0 Å². The van der Waals surface area contributed by atoms with Gasteiger partial charge in [0.1, 0.15) is 11.4 Å². The van der Waals surface area contributed by atoms with Crippen molar-refractivity contribution in [3.8, 4) is 17.6 Å². The summed E-state index contributed by atoms with van der Waals surface area (Å²) in [5.41, 5.74) is 5.51. The lowest BCUT2D eigenvalue weighted by Gasteiger charge is -2.23. The van der Waals surface area contributed by atoms with Gasteiger partial charge in [-0.2, -0.15) is 0 Å². The first-order valence-electron chi connectivity index (χ1n) is 13.2. The standard InChI is InChI=1S/C32H37ClN2O/c1-4-5-6-25(3)35-32(17-18-32)19-20-36-31-16-11-26(21-24(31)2)9-14-30-15-10-28(23-34-30)22-27-7-12-29(33)13-8-27/h7-8,10-13,15-16,21,23,25,35H,4-6,17-20,22H2,1-3H3. The van der Waals surface area contributed by atoms with Crippen molar-refractivity contribution in [3.05, 3.63) is 93.8 Å². The van der Waals surface area contributed by atoms with Gasteiger partial charge in [-0.25, -0.2) is 4.98 Å². The van der Waals surface area contributed by atoms with Crippen molar-refractivity contribution >= 4 is 11.6 Å². The summed E-state index contributed by atoms with van der Waals surface area (Å²) in [5.74, 6) is 7.37. The molecule has 1 fully saturated rings. The Labute approximate surface area is 221 Å². The number of hydrogen-bond acceptors (Lipinski definition) is 3. The van der Waals surface area contributed by atoms with Crippen LogP contribution in [0.4, 0.5) is 0 Å². The van der Waals surface area contributed by atoms with Crippen molar-refractivity contribution in [2.24, 2.45) is 0 Å². The Morgan fingerprint density at radius 2 is 1.83 bits per heavy atom. The SMILES string of the molecule is CCCCC(C)NC1(CCOc2ccc(C#Cc3ccc(Cc4ccc(Cl)cc4)cn3)cc2C)CC1. The molecule has 1 atom stereocenters. The first kappa shape index (κ1) is 26.3. The Bertz CT molecular complexity index is 1190. The molecule has 4 heteroatoms. The molecule has 1 aromatic heterocycles. The third-order valence-corrected chi connectivity index (χ3v) is 7.14. The number of unbranched alkanes of at least 4 members (excludes halogenated alkanes) is 1. The number of halogens is 1. The average molecular weight is 501 g/mol. The van der Waals surface area contributed by atoms with Gasteiger partial charge in [-0.1, -0.05) is 55.5 Å².